The van der Waals surface area contributed by atoms with Crippen LogP contribution in [0.1, 0.15) is 10.4 Å². The number of aliphatic carboxylic acids is 1. The van der Waals surface area contributed by atoms with E-state index in [4.69, 9.17) is 15.3 Å². The van der Waals surface area contributed by atoms with Gasteiger partial charge in [-0.2, -0.15) is 0 Å². The van der Waals surface area contributed by atoms with Crippen molar-refractivity contribution >= 4 is 11.8 Å². The maximum absolute atomic E-state index is 11.3. The zero-order valence-electron chi connectivity index (χ0n) is 7.54. The van der Waals surface area contributed by atoms with Crippen LogP contribution in [0.4, 0.5) is 0 Å². The number of ketones is 1. The Kier molecular flexibility index (Phi) is 3.07. The van der Waals surface area contributed by atoms with Crippen LogP contribution >= 0.6 is 0 Å². The number of aromatic hydroxyl groups is 1. The second-order valence-corrected chi connectivity index (χ2v) is 2.75. The summed E-state index contributed by atoms with van der Waals surface area (Å²) in [5.41, 5.74) is 0.0998. The summed E-state index contributed by atoms with van der Waals surface area (Å²) >= 11 is 0. The van der Waals surface area contributed by atoms with Crippen molar-refractivity contribution in [3.05, 3.63) is 41.7 Å². The van der Waals surface area contributed by atoms with Crippen molar-refractivity contribution in [2.24, 2.45) is 0 Å². The third-order valence-electron chi connectivity index (χ3n) is 1.62. The Bertz CT molecular complexity index is 433. The first kappa shape index (κ1) is 10.8. The van der Waals surface area contributed by atoms with E-state index in [9.17, 15) is 9.59 Å². The molecule has 1 aromatic carbocycles. The van der Waals surface area contributed by atoms with Gasteiger partial charge in [-0.1, -0.05) is 12.1 Å². The van der Waals surface area contributed by atoms with Crippen molar-refractivity contribution in [2.45, 2.75) is 0 Å². The molecule has 0 amide bonds. The van der Waals surface area contributed by atoms with Crippen LogP contribution in [0.5, 0.6) is 5.75 Å². The summed E-state index contributed by atoms with van der Waals surface area (Å²) in [6, 6.07) is 5.38. The first-order chi connectivity index (χ1) is 7.00. The van der Waals surface area contributed by atoms with Crippen LogP contribution in [-0.4, -0.2) is 27.1 Å². The van der Waals surface area contributed by atoms with Crippen LogP contribution in [0.3, 0.4) is 0 Å². The van der Waals surface area contributed by atoms with Crippen LogP contribution in [-0.2, 0) is 4.79 Å². The first-order valence-corrected chi connectivity index (χ1v) is 3.98. The van der Waals surface area contributed by atoms with E-state index in [1.54, 1.807) is 0 Å². The van der Waals surface area contributed by atoms with Crippen molar-refractivity contribution in [1.82, 2.24) is 0 Å². The van der Waals surface area contributed by atoms with Crippen LogP contribution in [0.15, 0.2) is 36.1 Å². The lowest BCUT2D eigenvalue weighted by Gasteiger charge is -1.97. The van der Waals surface area contributed by atoms with Gasteiger partial charge in [0.1, 0.15) is 5.75 Å². The van der Waals surface area contributed by atoms with E-state index in [0.29, 0.717) is 6.08 Å². The van der Waals surface area contributed by atoms with E-state index >= 15 is 0 Å². The maximum Gasteiger partial charge on any atom is 0.371 e. The molecule has 0 saturated carbocycles. The summed E-state index contributed by atoms with van der Waals surface area (Å²) in [7, 11) is 0. The van der Waals surface area contributed by atoms with Gasteiger partial charge in [-0.15, -0.1) is 0 Å². The van der Waals surface area contributed by atoms with Crippen molar-refractivity contribution in [3.8, 4) is 5.75 Å². The fourth-order valence-electron chi connectivity index (χ4n) is 0.928. The predicted molar refractivity (Wildman–Crippen MR) is 50.8 cm³/mol. The number of phenols is 1. The van der Waals surface area contributed by atoms with Crippen LogP contribution in [0.2, 0.25) is 0 Å². The molecule has 5 heteroatoms. The Morgan fingerprint density at radius 1 is 1.20 bits per heavy atom. The second-order valence-electron chi connectivity index (χ2n) is 2.75. The molecule has 5 nitrogen and oxygen atoms in total. The highest BCUT2D eigenvalue weighted by Gasteiger charge is 2.09. The highest BCUT2D eigenvalue weighted by molar-refractivity contribution is 6.07. The van der Waals surface area contributed by atoms with Gasteiger partial charge in [-0.05, 0) is 12.1 Å². The third-order valence-corrected chi connectivity index (χ3v) is 1.62. The first-order valence-electron chi connectivity index (χ1n) is 3.98. The molecule has 0 aliphatic heterocycles. The van der Waals surface area contributed by atoms with Gasteiger partial charge in [-0.25, -0.2) is 4.79 Å². The van der Waals surface area contributed by atoms with Crippen molar-refractivity contribution < 1.29 is 24.9 Å². The molecule has 0 saturated heterocycles. The molecule has 0 heterocycles. The standard InChI is InChI=1S/C10H8O5/c11-7-3-1-2-6(4-7)8(12)5-9(13)10(14)15/h1-5,11,13H,(H,14,15)/b9-5+. The quantitative estimate of drug-likeness (QED) is 0.392. The number of hydrogen-bond acceptors (Lipinski definition) is 4. The molecular weight excluding hydrogens is 200 g/mol. The van der Waals surface area contributed by atoms with Crippen molar-refractivity contribution in [3.63, 3.8) is 0 Å². The molecule has 0 aliphatic carbocycles. The summed E-state index contributed by atoms with van der Waals surface area (Å²) < 4.78 is 0. The average Bonchev–Trinajstić information content (AvgIpc) is 2.17. The number of benzene rings is 1. The number of phenolic OH excluding ortho intramolecular Hbond substituents is 1. The summed E-state index contributed by atoms with van der Waals surface area (Å²) in [4.78, 5) is 21.5. The summed E-state index contributed by atoms with van der Waals surface area (Å²) in [6.45, 7) is 0. The molecule has 0 spiro atoms. The lowest BCUT2D eigenvalue weighted by atomic mass is 10.1. The van der Waals surface area contributed by atoms with Gasteiger partial charge in [0.05, 0.1) is 0 Å². The van der Waals surface area contributed by atoms with Crippen LogP contribution < -0.4 is 0 Å². The number of carbonyl (C=O) groups excluding carboxylic acids is 1. The summed E-state index contributed by atoms with van der Waals surface area (Å²) in [5, 5.41) is 26.2. The molecular formula is C10H8O5. The minimum atomic E-state index is -1.58. The Balaban J connectivity index is 2.96. The van der Waals surface area contributed by atoms with Crippen molar-refractivity contribution in [1.29, 1.82) is 0 Å². The summed E-state index contributed by atoms with van der Waals surface area (Å²) in [6.07, 6.45) is 0.580. The zero-order valence-corrected chi connectivity index (χ0v) is 7.54. The number of carboxylic acids is 1. The molecule has 0 aromatic heterocycles. The lowest BCUT2D eigenvalue weighted by molar-refractivity contribution is -0.135. The largest absolute Gasteiger partial charge is 0.508 e. The molecule has 0 radical (unpaired) electrons. The van der Waals surface area contributed by atoms with Gasteiger partial charge < -0.3 is 15.3 Å². The summed E-state index contributed by atoms with van der Waals surface area (Å²) in [5.74, 6) is -3.42. The molecule has 1 rings (SSSR count). The molecule has 0 atom stereocenters. The number of allylic oxidation sites excluding steroid dienone is 1. The van der Waals surface area contributed by atoms with Gasteiger partial charge in [0.2, 0.25) is 5.76 Å². The highest BCUT2D eigenvalue weighted by Crippen LogP contribution is 2.12. The SMILES string of the molecule is O=C(O)/C(O)=C\C(=O)c1cccc(O)c1. The Labute approximate surface area is 84.9 Å². The van der Waals surface area contributed by atoms with Crippen molar-refractivity contribution in [2.75, 3.05) is 0 Å². The number of aliphatic hydroxyl groups is 1. The lowest BCUT2D eigenvalue weighted by Crippen LogP contribution is -2.03. The normalized spacial score (nSPS) is 11.1. The fraction of sp³-hybridized carbons (Fsp3) is 0. The van der Waals surface area contributed by atoms with Gasteiger partial charge in [0.15, 0.2) is 5.78 Å². The smallest absolute Gasteiger partial charge is 0.371 e. The molecule has 3 N–H and O–H groups in total. The number of carboxylic acid groups (broad SMARTS) is 1. The Morgan fingerprint density at radius 2 is 1.87 bits per heavy atom. The molecule has 0 bridgehead atoms. The molecule has 15 heavy (non-hydrogen) atoms. The minimum Gasteiger partial charge on any atom is -0.508 e. The van der Waals surface area contributed by atoms with Gasteiger partial charge in [0.25, 0.3) is 0 Å². The van der Waals surface area contributed by atoms with E-state index in [1.165, 1.54) is 24.3 Å². The average molecular weight is 208 g/mol. The van der Waals surface area contributed by atoms with E-state index < -0.39 is 17.5 Å². The Hall–Kier alpha value is -2.30. The molecule has 0 aliphatic rings. The number of aliphatic hydroxyl groups excluding tert-OH is 1. The van der Waals surface area contributed by atoms with E-state index in [0.717, 1.165) is 0 Å². The van der Waals surface area contributed by atoms with Crippen LogP contribution in [0, 0.1) is 0 Å². The number of hydrogen-bond donors (Lipinski definition) is 3. The number of carbonyl (C=O) groups is 2. The second kappa shape index (κ2) is 4.28. The zero-order chi connectivity index (χ0) is 11.4. The van der Waals surface area contributed by atoms with E-state index in [-0.39, 0.29) is 11.3 Å². The monoisotopic (exact) mass is 208 g/mol. The van der Waals surface area contributed by atoms with E-state index in [1.807, 2.05) is 0 Å². The molecule has 78 valence electrons. The maximum atomic E-state index is 11.3. The van der Waals surface area contributed by atoms with Gasteiger partial charge >= 0.3 is 5.97 Å². The third kappa shape index (κ3) is 2.84. The predicted octanol–water partition coefficient (Wildman–Crippen LogP) is 1.10. The minimum absolute atomic E-state index is 0.0998. The molecule has 1 aromatic rings. The highest BCUT2D eigenvalue weighted by atomic mass is 16.4. The Morgan fingerprint density at radius 3 is 2.40 bits per heavy atom. The van der Waals surface area contributed by atoms with E-state index in [2.05, 4.69) is 0 Å². The van der Waals surface area contributed by atoms with Gasteiger partial charge in [0, 0.05) is 11.6 Å². The molecule has 0 fully saturated rings. The topological polar surface area (TPSA) is 94.8 Å². The van der Waals surface area contributed by atoms with Gasteiger partial charge in [-0.3, -0.25) is 4.79 Å². The fourth-order valence-corrected chi connectivity index (χ4v) is 0.928. The molecule has 0 unspecified atom stereocenters. The number of rotatable bonds is 3. The van der Waals surface area contributed by atoms with Crippen LogP contribution in [0.25, 0.3) is 0 Å².